The predicted molar refractivity (Wildman–Crippen MR) is 431 cm³/mol. The topological polar surface area (TPSA) is 405 Å². The van der Waals surface area contributed by atoms with E-state index in [9.17, 15) is 72.9 Å². The lowest BCUT2D eigenvalue weighted by molar-refractivity contribution is -0.160. The van der Waals surface area contributed by atoms with Gasteiger partial charge < -0.3 is 124 Å². The van der Waals surface area contributed by atoms with E-state index in [-0.39, 0.29) is 229 Å². The minimum Gasteiger partial charge on any atom is -0.396 e. The third kappa shape index (κ3) is 41.2. The van der Waals surface area contributed by atoms with Crippen molar-refractivity contribution in [1.82, 2.24) is 88.2 Å². The van der Waals surface area contributed by atoms with Crippen LogP contribution in [0, 0.1) is 0 Å². The summed E-state index contributed by atoms with van der Waals surface area (Å²) in [6, 6.07) is 0. The van der Waals surface area contributed by atoms with Gasteiger partial charge in [0.15, 0.2) is 0 Å². The highest BCUT2D eigenvalue weighted by Gasteiger charge is 2.36. The average molecular weight is 1620 g/mol. The van der Waals surface area contributed by atoms with Gasteiger partial charge in [0.1, 0.15) is 0 Å². The number of carbonyl (C=O) groups excluding carboxylic acids is 12. The van der Waals surface area contributed by atoms with Crippen molar-refractivity contribution >= 4 is 70.9 Å². The van der Waals surface area contributed by atoms with Crippen molar-refractivity contribution in [1.29, 1.82) is 0 Å². The molecule has 0 aromatic rings. The average Bonchev–Trinajstić information content (AvgIpc) is 0.857. The summed E-state index contributed by atoms with van der Waals surface area (Å²) < 4.78 is 0. The van der Waals surface area contributed by atoms with Crippen molar-refractivity contribution in [2.45, 2.75) is 106 Å². The monoisotopic (exact) mass is 1620 g/mol. The van der Waals surface area contributed by atoms with E-state index < -0.39 is 0 Å². The van der Waals surface area contributed by atoms with Gasteiger partial charge in [0.25, 0.3) is 0 Å². The smallest absolute Gasteiger partial charge is 0.248 e. The molecule has 0 aromatic carbocycles. The zero-order chi connectivity index (χ0) is 86.1. The fourth-order valence-electron chi connectivity index (χ4n) is 11.8. The number of aliphatic hydroxyl groups excluding tert-OH is 7. The Bertz CT molecular complexity index is 2730. The van der Waals surface area contributed by atoms with Gasteiger partial charge in [-0.1, -0.05) is 101 Å². The molecule has 7 N–H and O–H groups in total. The van der Waals surface area contributed by atoms with Gasteiger partial charge in [-0.2, -0.15) is 0 Å². The van der Waals surface area contributed by atoms with Gasteiger partial charge >= 0.3 is 0 Å². The van der Waals surface area contributed by atoms with Crippen LogP contribution in [0.3, 0.4) is 0 Å². The Morgan fingerprint density at radius 3 is 0.474 bits per heavy atom. The third-order valence-corrected chi connectivity index (χ3v) is 18.9. The van der Waals surface area contributed by atoms with Crippen LogP contribution in [0.2, 0.25) is 0 Å². The molecular weight excluding hydrogens is 1480 g/mol. The molecule has 4 saturated heterocycles. The Kier molecular flexibility index (Phi) is 58.2. The Labute approximate surface area is 676 Å². The summed E-state index contributed by atoms with van der Waals surface area (Å²) in [4.78, 5) is 177. The summed E-state index contributed by atoms with van der Waals surface area (Å²) >= 11 is 0. The van der Waals surface area contributed by atoms with Gasteiger partial charge in [-0.15, -0.1) is 0 Å². The van der Waals surface area contributed by atoms with Crippen molar-refractivity contribution in [2.24, 2.45) is 0 Å². The van der Waals surface area contributed by atoms with Crippen molar-refractivity contribution in [3.63, 3.8) is 0 Å². The standard InChI is InChI=1S/C24H48N6O6.C20H37N5O5.C16H26N4O4.C12H15N3O3.C5H12O/c1-4-25(13-16-31)10-7-22(34)28-19-29(23(35)8-11-26(5-2)14-17-32)21-30(20-28)24(36)9-12-27(6-3)15-18-33;1-4-18(28)23-15-24(19(29)7-9-21(5-2)11-13-26)17-25(16-23)20(30)8-10-22(6-3)12-14-27;1-4-14(22)18-11-19(15(23)5-2)13-20(12-18)16(24)7-8-17(6-3)9-10-21;1-4-10(16)13-7-14(11(17)5-2)9-15(8-13)12(18)6-3;1-2-3-4-5-6/h31-33H,4-21H2,1-3H3;4,26-27H,1,5-17H2,2-3H3;4-5,21H,1-2,6-13H2,3H3;4-6H,1-3,7-9H2;6H,2-5H2,1H3. The highest BCUT2D eigenvalue weighted by atomic mass is 16.3. The maximum absolute atomic E-state index is 13.0. The van der Waals surface area contributed by atoms with Crippen molar-refractivity contribution in [3.8, 4) is 0 Å². The lowest BCUT2D eigenvalue weighted by Crippen LogP contribution is -2.60. The number of nitrogens with zero attached hydrogens (tertiary/aromatic N) is 18. The number of amides is 12. The van der Waals surface area contributed by atoms with E-state index in [0.29, 0.717) is 105 Å². The quantitative estimate of drug-likeness (QED) is 0.0255. The number of hydrogen-bond donors (Lipinski definition) is 7. The molecule has 37 heteroatoms. The van der Waals surface area contributed by atoms with E-state index in [1.54, 1.807) is 14.7 Å². The molecule has 0 atom stereocenters. The SMILES string of the molecule is C=CC(=O)N1CN(C(=O)C=C)CN(C(=O)C=C)C1.C=CC(=O)N1CN(C(=O)C=C)CN(C(=O)CCN(CC)CCO)C1.C=CC(=O)N1CN(C(=O)CCN(CC)CCO)CN(C(=O)CCN(CC)CCO)C1.CCCCCO.CCN(CCO)CCC(=O)N1CN(C(=O)CCN(CC)CCO)CN(C(=O)CCN(CC)CCO)C1. The van der Waals surface area contributed by atoms with E-state index >= 15 is 0 Å². The lowest BCUT2D eigenvalue weighted by atomic mass is 10.2. The van der Waals surface area contributed by atoms with Crippen LogP contribution in [0.25, 0.3) is 0 Å². The van der Waals surface area contributed by atoms with Gasteiger partial charge in [-0.25, -0.2) is 0 Å². The van der Waals surface area contributed by atoms with Crippen molar-refractivity contribution < 1.29 is 93.3 Å². The van der Waals surface area contributed by atoms with Gasteiger partial charge in [-0.05, 0) is 82.1 Å². The summed E-state index contributed by atoms with van der Waals surface area (Å²) in [5, 5.41) is 62.9. The van der Waals surface area contributed by atoms with Crippen LogP contribution >= 0.6 is 0 Å². The van der Waals surface area contributed by atoms with Crippen molar-refractivity contribution in [2.75, 3.05) is 244 Å². The number of unbranched alkanes of at least 4 members (excludes halogenated alkanes) is 2. The first-order chi connectivity index (χ1) is 54.6. The summed E-state index contributed by atoms with van der Waals surface area (Å²) in [5.41, 5.74) is 0. The van der Waals surface area contributed by atoms with E-state index in [2.05, 4.69) is 46.4 Å². The molecule has 4 rings (SSSR count). The minimum atomic E-state index is -0.349. The van der Waals surface area contributed by atoms with E-state index in [0.717, 1.165) is 62.9 Å². The summed E-state index contributed by atoms with van der Waals surface area (Å²) in [7, 11) is 0. The molecule has 0 saturated carbocycles. The zero-order valence-corrected chi connectivity index (χ0v) is 69.3. The second kappa shape index (κ2) is 62.9. The van der Waals surface area contributed by atoms with Crippen LogP contribution in [-0.2, 0) is 57.5 Å². The summed E-state index contributed by atoms with van der Waals surface area (Å²) in [6.07, 6.45) is 11.7. The number of likely N-dealkylation sites (N-methyl/N-ethyl adjacent to an activating group) is 6. The van der Waals surface area contributed by atoms with E-state index in [4.69, 9.17) is 20.4 Å². The van der Waals surface area contributed by atoms with Crippen LogP contribution < -0.4 is 0 Å². The van der Waals surface area contributed by atoms with Gasteiger partial charge in [0.2, 0.25) is 70.9 Å². The Morgan fingerprint density at radius 1 is 0.228 bits per heavy atom. The Hall–Kier alpha value is -8.44. The van der Waals surface area contributed by atoms with Gasteiger partial charge in [0.05, 0.1) is 120 Å². The molecule has 650 valence electrons. The minimum absolute atomic E-state index is 0.0203. The number of rotatable bonds is 45. The molecule has 4 aliphatic rings. The zero-order valence-electron chi connectivity index (χ0n) is 69.3. The van der Waals surface area contributed by atoms with Crippen LogP contribution in [0.4, 0.5) is 0 Å². The predicted octanol–water partition coefficient (Wildman–Crippen LogP) is -2.06. The second-order valence-electron chi connectivity index (χ2n) is 26.7. The van der Waals surface area contributed by atoms with Crippen molar-refractivity contribution in [3.05, 3.63) is 75.9 Å². The molecule has 4 heterocycles. The normalized spacial score (nSPS) is 14.3. The molecule has 4 fully saturated rings. The fraction of sp³-hybridized carbons (Fsp3) is 0.688. The maximum atomic E-state index is 13.0. The number of carbonyl (C=O) groups is 12. The summed E-state index contributed by atoms with van der Waals surface area (Å²) in [6.45, 7) is 46.6. The molecular formula is C77H138N18O19. The molecule has 0 bridgehead atoms. The van der Waals surface area contributed by atoms with Gasteiger partial charge in [0, 0.05) is 124 Å². The van der Waals surface area contributed by atoms with E-state index in [1.165, 1.54) is 56.6 Å². The highest BCUT2D eigenvalue weighted by Crippen LogP contribution is 2.17. The molecule has 0 aromatic heterocycles. The molecule has 0 spiro atoms. The Morgan fingerprint density at radius 2 is 0.368 bits per heavy atom. The molecule has 0 aliphatic carbocycles. The first kappa shape index (κ1) is 106. The van der Waals surface area contributed by atoms with Crippen LogP contribution in [0.15, 0.2) is 75.9 Å². The number of aliphatic hydroxyl groups is 7. The second-order valence-corrected chi connectivity index (χ2v) is 26.7. The molecule has 37 nitrogen and oxygen atoms in total. The first-order valence-electron chi connectivity index (χ1n) is 39.4. The largest absolute Gasteiger partial charge is 0.396 e. The van der Waals surface area contributed by atoms with Gasteiger partial charge in [-0.3, -0.25) is 57.5 Å². The highest BCUT2D eigenvalue weighted by molar-refractivity contribution is 5.93. The summed E-state index contributed by atoms with van der Waals surface area (Å²) in [5.74, 6) is -2.97. The molecule has 12 amide bonds. The molecule has 4 aliphatic heterocycles. The maximum Gasteiger partial charge on any atom is 0.248 e. The van der Waals surface area contributed by atoms with Crippen LogP contribution in [0.5, 0.6) is 0 Å². The van der Waals surface area contributed by atoms with Crippen LogP contribution in [-0.4, -0.2) is 439 Å². The molecule has 0 unspecified atom stereocenters. The number of hydrogen-bond acceptors (Lipinski definition) is 25. The fourth-order valence-corrected chi connectivity index (χ4v) is 11.8. The Balaban J connectivity index is 0.00000149. The molecule has 0 radical (unpaired) electrons. The van der Waals surface area contributed by atoms with Crippen LogP contribution in [0.1, 0.15) is 106 Å². The lowest BCUT2D eigenvalue weighted by Gasteiger charge is -2.42. The first-order valence-corrected chi connectivity index (χ1v) is 39.4. The third-order valence-electron chi connectivity index (χ3n) is 18.9. The van der Waals surface area contributed by atoms with E-state index in [1.807, 2.05) is 70.9 Å². The molecule has 114 heavy (non-hydrogen) atoms.